The van der Waals surface area contributed by atoms with E-state index >= 15 is 0 Å². The Bertz CT molecular complexity index is 2130. The average molecular weight is 560 g/mol. The van der Waals surface area contributed by atoms with Gasteiger partial charge in [0.25, 0.3) is 0 Å². The number of hydrogen-bond acceptors (Lipinski definition) is 1. The predicted molar refractivity (Wildman–Crippen MR) is 183 cm³/mol. The number of hydrogen-bond donors (Lipinski definition) is 1. The van der Waals surface area contributed by atoms with Crippen molar-refractivity contribution in [2.24, 2.45) is 0 Å². The van der Waals surface area contributed by atoms with Crippen molar-refractivity contribution in [3.8, 4) is 44.5 Å². The molecule has 0 radical (unpaired) electrons. The molecular weight excluding hydrogens is 530 g/mol. The summed E-state index contributed by atoms with van der Waals surface area (Å²) in [7, 11) is 0. The Kier molecular flexibility index (Phi) is 5.48. The van der Waals surface area contributed by atoms with Crippen LogP contribution in [0.3, 0.4) is 0 Å². The Morgan fingerprint density at radius 3 is 1.41 bits per heavy atom. The summed E-state index contributed by atoms with van der Waals surface area (Å²) in [4.78, 5) is 0. The molecule has 0 amide bonds. The molecule has 206 valence electrons. The van der Waals surface area contributed by atoms with Crippen LogP contribution >= 0.6 is 0 Å². The molecule has 9 rings (SSSR count). The summed E-state index contributed by atoms with van der Waals surface area (Å²) in [6.45, 7) is 0. The molecule has 44 heavy (non-hydrogen) atoms. The van der Waals surface area contributed by atoms with Gasteiger partial charge < -0.3 is 5.32 Å². The molecule has 7 aromatic carbocycles. The van der Waals surface area contributed by atoms with E-state index in [1.165, 1.54) is 66.8 Å². The van der Waals surface area contributed by atoms with Crippen LogP contribution in [0.5, 0.6) is 0 Å². The SMILES string of the molecule is c1ccc(-c2ccccc2Nc2ccc(-c3ccc4c(c3)C3(c5ccccc5-c5ccccc53)c3ccccc3-4)cc2)cc1. The van der Waals surface area contributed by atoms with E-state index in [0.29, 0.717) is 0 Å². The van der Waals surface area contributed by atoms with Crippen molar-refractivity contribution >= 4 is 11.4 Å². The highest BCUT2D eigenvalue weighted by atomic mass is 14.9. The first-order valence-corrected chi connectivity index (χ1v) is 15.3. The highest BCUT2D eigenvalue weighted by Crippen LogP contribution is 2.62. The molecule has 2 aliphatic carbocycles. The molecule has 0 bridgehead atoms. The predicted octanol–water partition coefficient (Wildman–Crippen LogP) is 11.1. The molecule has 0 unspecified atom stereocenters. The van der Waals surface area contributed by atoms with Gasteiger partial charge >= 0.3 is 0 Å². The molecule has 1 heteroatoms. The average Bonchev–Trinajstić information content (AvgIpc) is 3.56. The van der Waals surface area contributed by atoms with Crippen LogP contribution in [0.2, 0.25) is 0 Å². The number of fused-ring (bicyclic) bond motifs is 10. The summed E-state index contributed by atoms with van der Waals surface area (Å²) in [6, 6.07) is 61.9. The molecule has 2 aliphatic rings. The van der Waals surface area contributed by atoms with Crippen molar-refractivity contribution < 1.29 is 0 Å². The van der Waals surface area contributed by atoms with Gasteiger partial charge in [0.05, 0.1) is 5.41 Å². The molecule has 0 heterocycles. The van der Waals surface area contributed by atoms with E-state index in [9.17, 15) is 0 Å². The summed E-state index contributed by atoms with van der Waals surface area (Å²) in [5.74, 6) is 0. The molecule has 7 aromatic rings. The van der Waals surface area contributed by atoms with Gasteiger partial charge in [-0.05, 0) is 85.5 Å². The second-order valence-electron chi connectivity index (χ2n) is 11.8. The van der Waals surface area contributed by atoms with E-state index < -0.39 is 0 Å². The van der Waals surface area contributed by atoms with Crippen LogP contribution in [-0.4, -0.2) is 0 Å². The number of benzene rings is 7. The molecule has 0 aromatic heterocycles. The van der Waals surface area contributed by atoms with E-state index in [4.69, 9.17) is 0 Å². The Morgan fingerprint density at radius 2 is 0.795 bits per heavy atom. The van der Waals surface area contributed by atoms with Crippen LogP contribution in [0.15, 0.2) is 170 Å². The normalized spacial score (nSPS) is 13.2. The van der Waals surface area contributed by atoms with Crippen molar-refractivity contribution in [2.45, 2.75) is 5.41 Å². The zero-order chi connectivity index (χ0) is 29.1. The summed E-state index contributed by atoms with van der Waals surface area (Å²) in [5.41, 5.74) is 17.5. The smallest absolute Gasteiger partial charge is 0.0725 e. The molecule has 0 saturated carbocycles. The van der Waals surface area contributed by atoms with Crippen molar-refractivity contribution in [2.75, 3.05) is 5.32 Å². The van der Waals surface area contributed by atoms with Crippen LogP contribution in [0.1, 0.15) is 22.3 Å². The lowest BCUT2D eigenvalue weighted by atomic mass is 9.70. The van der Waals surface area contributed by atoms with E-state index in [-0.39, 0.29) is 5.41 Å². The van der Waals surface area contributed by atoms with Crippen LogP contribution in [0.25, 0.3) is 44.5 Å². The van der Waals surface area contributed by atoms with Crippen molar-refractivity contribution in [1.29, 1.82) is 0 Å². The maximum atomic E-state index is 3.66. The first kappa shape index (κ1) is 24.9. The lowest BCUT2D eigenvalue weighted by Gasteiger charge is -2.30. The van der Waals surface area contributed by atoms with Gasteiger partial charge in [-0.15, -0.1) is 0 Å². The van der Waals surface area contributed by atoms with E-state index in [0.717, 1.165) is 11.4 Å². The number of rotatable bonds is 4. The topological polar surface area (TPSA) is 12.0 Å². The Hall–Kier alpha value is -5.66. The van der Waals surface area contributed by atoms with Crippen LogP contribution in [0, 0.1) is 0 Å². The first-order chi connectivity index (χ1) is 21.8. The Labute approximate surface area is 258 Å². The Morgan fingerprint density at radius 1 is 0.318 bits per heavy atom. The Balaban J connectivity index is 1.14. The lowest BCUT2D eigenvalue weighted by molar-refractivity contribution is 0.794. The molecule has 1 spiro atoms. The fourth-order valence-electron chi connectivity index (χ4n) is 7.64. The van der Waals surface area contributed by atoms with Gasteiger partial charge in [-0.1, -0.05) is 146 Å². The summed E-state index contributed by atoms with van der Waals surface area (Å²) >= 11 is 0. The molecule has 0 atom stereocenters. The number of para-hydroxylation sites is 1. The fourth-order valence-corrected chi connectivity index (χ4v) is 7.64. The minimum absolute atomic E-state index is 0.322. The second kappa shape index (κ2) is 9.69. The highest BCUT2D eigenvalue weighted by Gasteiger charge is 2.51. The summed E-state index contributed by atoms with van der Waals surface area (Å²) in [5, 5.41) is 3.66. The molecule has 0 saturated heterocycles. The standard InChI is InChI=1S/C43H29N/c1-2-12-30(13-3-1)33-14-7-11-21-42(33)44-32-25-22-29(23-26-32)31-24-27-37-36-17-6-10-20-40(36)43(41(37)28-31)38-18-8-4-15-34(38)35-16-5-9-19-39(35)43/h1-28,44H. The van der Waals surface area contributed by atoms with Gasteiger partial charge in [0, 0.05) is 16.9 Å². The van der Waals surface area contributed by atoms with Gasteiger partial charge in [0.15, 0.2) is 0 Å². The second-order valence-corrected chi connectivity index (χ2v) is 11.8. The molecule has 0 aliphatic heterocycles. The van der Waals surface area contributed by atoms with Crippen LogP contribution < -0.4 is 5.32 Å². The third-order valence-corrected chi connectivity index (χ3v) is 9.51. The van der Waals surface area contributed by atoms with Crippen molar-refractivity contribution in [3.63, 3.8) is 0 Å². The van der Waals surface area contributed by atoms with E-state index in [1.54, 1.807) is 0 Å². The molecule has 1 N–H and O–H groups in total. The van der Waals surface area contributed by atoms with Crippen molar-refractivity contribution in [3.05, 3.63) is 192 Å². The summed E-state index contributed by atoms with van der Waals surface area (Å²) < 4.78 is 0. The van der Waals surface area contributed by atoms with Crippen LogP contribution in [-0.2, 0) is 5.41 Å². The highest BCUT2D eigenvalue weighted by molar-refractivity contribution is 5.96. The largest absolute Gasteiger partial charge is 0.355 e. The van der Waals surface area contributed by atoms with Gasteiger partial charge in [-0.3, -0.25) is 0 Å². The molecule has 1 nitrogen and oxygen atoms in total. The summed E-state index contributed by atoms with van der Waals surface area (Å²) in [6.07, 6.45) is 0. The van der Waals surface area contributed by atoms with Gasteiger partial charge in [-0.2, -0.15) is 0 Å². The third-order valence-electron chi connectivity index (χ3n) is 9.51. The fraction of sp³-hybridized carbons (Fsp3) is 0.0233. The molecule has 0 fully saturated rings. The maximum Gasteiger partial charge on any atom is 0.0725 e. The van der Waals surface area contributed by atoms with Gasteiger partial charge in [-0.25, -0.2) is 0 Å². The minimum Gasteiger partial charge on any atom is -0.355 e. The van der Waals surface area contributed by atoms with E-state index in [2.05, 4.69) is 175 Å². The monoisotopic (exact) mass is 559 g/mol. The van der Waals surface area contributed by atoms with Gasteiger partial charge in [0.2, 0.25) is 0 Å². The maximum absolute atomic E-state index is 3.66. The quantitative estimate of drug-likeness (QED) is 0.226. The number of nitrogens with one attached hydrogen (secondary N) is 1. The lowest BCUT2D eigenvalue weighted by Crippen LogP contribution is -2.25. The van der Waals surface area contributed by atoms with Crippen molar-refractivity contribution in [1.82, 2.24) is 0 Å². The first-order valence-electron chi connectivity index (χ1n) is 15.3. The van der Waals surface area contributed by atoms with Gasteiger partial charge in [0.1, 0.15) is 0 Å². The zero-order valence-corrected chi connectivity index (χ0v) is 24.2. The third kappa shape index (κ3) is 3.53. The van der Waals surface area contributed by atoms with E-state index in [1.807, 2.05) is 0 Å². The zero-order valence-electron chi connectivity index (χ0n) is 24.2. The number of anilines is 2. The molecular formula is C43H29N. The van der Waals surface area contributed by atoms with Crippen LogP contribution in [0.4, 0.5) is 11.4 Å². The minimum atomic E-state index is -0.322.